The number of rotatable bonds is 9. The Balaban J connectivity index is 2.52. The van der Waals surface area contributed by atoms with E-state index in [9.17, 15) is 8.42 Å². The molecule has 0 saturated heterocycles. The van der Waals surface area contributed by atoms with E-state index in [0.717, 1.165) is 19.4 Å². The average Bonchev–Trinajstić information content (AvgIpc) is 2.38. The van der Waals surface area contributed by atoms with Crippen LogP contribution in [-0.2, 0) is 9.84 Å². The van der Waals surface area contributed by atoms with E-state index in [0.29, 0.717) is 23.8 Å². The van der Waals surface area contributed by atoms with Crippen molar-refractivity contribution in [3.63, 3.8) is 0 Å². The number of nitrogens with one attached hydrogen (secondary N) is 1. The normalized spacial score (nSPS) is 13.4. The lowest BCUT2D eigenvalue weighted by Crippen LogP contribution is -2.19. The fourth-order valence-corrected chi connectivity index (χ4v) is 3.75. The van der Waals surface area contributed by atoms with Crippen LogP contribution in [0.25, 0.3) is 0 Å². The van der Waals surface area contributed by atoms with Crippen molar-refractivity contribution in [2.75, 3.05) is 25.1 Å². The third-order valence-corrected chi connectivity index (χ3v) is 5.19. The third kappa shape index (κ3) is 6.21. The van der Waals surface area contributed by atoms with Crippen LogP contribution in [0, 0.1) is 0 Å². The molecule has 1 N–H and O–H groups in total. The number of hydrogen-bond donors (Lipinski definition) is 1. The molecule has 0 aliphatic carbocycles. The van der Waals surface area contributed by atoms with Gasteiger partial charge in [0.25, 0.3) is 0 Å². The van der Waals surface area contributed by atoms with Crippen LogP contribution in [-0.4, -0.2) is 33.5 Å². The summed E-state index contributed by atoms with van der Waals surface area (Å²) in [5, 5.41) is 3.19. The molecule has 0 radical (unpaired) electrons. The standard InChI is InChI=1S/C15H25NO2S/c1-3-11-19(17,18)12-7-10-15(13-16-2)14-8-5-4-6-9-14/h4-6,8-9,15-16H,3,7,10-13H2,1-2H3. The molecule has 1 aromatic rings. The van der Waals surface area contributed by atoms with Crippen LogP contribution in [0.2, 0.25) is 0 Å². The van der Waals surface area contributed by atoms with E-state index < -0.39 is 9.84 Å². The highest BCUT2D eigenvalue weighted by molar-refractivity contribution is 7.91. The summed E-state index contributed by atoms with van der Waals surface area (Å²) in [5.74, 6) is 1.02. The van der Waals surface area contributed by atoms with Gasteiger partial charge in [-0.2, -0.15) is 0 Å². The predicted molar refractivity (Wildman–Crippen MR) is 81.3 cm³/mol. The van der Waals surface area contributed by atoms with E-state index in [4.69, 9.17) is 0 Å². The van der Waals surface area contributed by atoms with Gasteiger partial charge in [0.2, 0.25) is 0 Å². The van der Waals surface area contributed by atoms with Gasteiger partial charge in [-0.1, -0.05) is 37.3 Å². The second-order valence-corrected chi connectivity index (χ2v) is 7.26. The van der Waals surface area contributed by atoms with Crippen molar-refractivity contribution < 1.29 is 8.42 Å². The highest BCUT2D eigenvalue weighted by atomic mass is 32.2. The maximum Gasteiger partial charge on any atom is 0.150 e. The van der Waals surface area contributed by atoms with Crippen molar-refractivity contribution in [1.82, 2.24) is 5.32 Å². The van der Waals surface area contributed by atoms with Gasteiger partial charge in [0.1, 0.15) is 9.84 Å². The molecular formula is C15H25NO2S. The summed E-state index contributed by atoms with van der Waals surface area (Å²) < 4.78 is 23.4. The molecule has 1 unspecified atom stereocenters. The van der Waals surface area contributed by atoms with Gasteiger partial charge >= 0.3 is 0 Å². The van der Waals surface area contributed by atoms with Crippen molar-refractivity contribution in [2.45, 2.75) is 32.1 Å². The summed E-state index contributed by atoms with van der Waals surface area (Å²) in [6.45, 7) is 2.79. The molecule has 19 heavy (non-hydrogen) atoms. The van der Waals surface area contributed by atoms with E-state index in [1.54, 1.807) is 0 Å². The van der Waals surface area contributed by atoms with Crippen LogP contribution < -0.4 is 5.32 Å². The highest BCUT2D eigenvalue weighted by Gasteiger charge is 2.13. The minimum absolute atomic E-state index is 0.313. The first-order chi connectivity index (χ1) is 9.09. The lowest BCUT2D eigenvalue weighted by Gasteiger charge is -2.17. The van der Waals surface area contributed by atoms with Gasteiger partial charge < -0.3 is 5.32 Å². The van der Waals surface area contributed by atoms with Crippen molar-refractivity contribution in [3.8, 4) is 0 Å². The SMILES string of the molecule is CCCS(=O)(=O)CCCC(CNC)c1ccccc1. The minimum atomic E-state index is -2.84. The maximum absolute atomic E-state index is 11.7. The molecule has 1 atom stereocenters. The van der Waals surface area contributed by atoms with Gasteiger partial charge in [-0.3, -0.25) is 0 Å². The molecule has 4 heteroatoms. The van der Waals surface area contributed by atoms with Crippen LogP contribution >= 0.6 is 0 Å². The highest BCUT2D eigenvalue weighted by Crippen LogP contribution is 2.20. The lowest BCUT2D eigenvalue weighted by atomic mass is 9.94. The number of likely N-dealkylation sites (N-methyl/N-ethyl adjacent to an activating group) is 1. The zero-order valence-corrected chi connectivity index (χ0v) is 12.7. The molecule has 0 heterocycles. The Labute approximate surface area is 117 Å². The van der Waals surface area contributed by atoms with Crippen LogP contribution in [0.3, 0.4) is 0 Å². The Hall–Kier alpha value is -0.870. The maximum atomic E-state index is 11.7. The van der Waals surface area contributed by atoms with E-state index in [1.165, 1.54) is 5.56 Å². The molecule has 0 saturated carbocycles. The first-order valence-electron chi connectivity index (χ1n) is 6.99. The molecule has 108 valence electrons. The second kappa shape index (κ2) is 8.33. The molecule has 3 nitrogen and oxygen atoms in total. The number of benzene rings is 1. The van der Waals surface area contributed by atoms with E-state index in [1.807, 2.05) is 32.2 Å². The molecule has 0 fully saturated rings. The third-order valence-electron chi connectivity index (χ3n) is 3.24. The topological polar surface area (TPSA) is 46.2 Å². The van der Waals surface area contributed by atoms with Gasteiger partial charge in [-0.15, -0.1) is 0 Å². The Morgan fingerprint density at radius 3 is 2.42 bits per heavy atom. The number of hydrogen-bond acceptors (Lipinski definition) is 3. The van der Waals surface area contributed by atoms with Gasteiger partial charge in [-0.25, -0.2) is 8.42 Å². The molecule has 1 rings (SSSR count). The van der Waals surface area contributed by atoms with Crippen molar-refractivity contribution in [2.24, 2.45) is 0 Å². The fourth-order valence-electron chi connectivity index (χ4n) is 2.32. The zero-order chi connectivity index (χ0) is 14.1. The van der Waals surface area contributed by atoms with Crippen LogP contribution in [0.4, 0.5) is 0 Å². The van der Waals surface area contributed by atoms with Gasteiger partial charge in [0, 0.05) is 12.3 Å². The largest absolute Gasteiger partial charge is 0.319 e. The Morgan fingerprint density at radius 1 is 1.16 bits per heavy atom. The summed E-state index contributed by atoms with van der Waals surface area (Å²) in [7, 11) is -0.911. The zero-order valence-electron chi connectivity index (χ0n) is 11.9. The Kier molecular flexibility index (Phi) is 7.10. The molecule has 0 bridgehead atoms. The molecule has 0 spiro atoms. The number of sulfone groups is 1. The molecule has 1 aromatic carbocycles. The molecule has 0 aliphatic rings. The first kappa shape index (κ1) is 16.2. The minimum Gasteiger partial charge on any atom is -0.319 e. The molecule has 0 aliphatic heterocycles. The van der Waals surface area contributed by atoms with Gasteiger partial charge in [0.15, 0.2) is 0 Å². The van der Waals surface area contributed by atoms with Crippen molar-refractivity contribution in [3.05, 3.63) is 35.9 Å². The molecular weight excluding hydrogens is 258 g/mol. The molecule has 0 aromatic heterocycles. The lowest BCUT2D eigenvalue weighted by molar-refractivity contribution is 0.561. The summed E-state index contributed by atoms with van der Waals surface area (Å²) in [4.78, 5) is 0. The smallest absolute Gasteiger partial charge is 0.150 e. The first-order valence-corrected chi connectivity index (χ1v) is 8.81. The van der Waals surface area contributed by atoms with Crippen LogP contribution in [0.15, 0.2) is 30.3 Å². The second-order valence-electron chi connectivity index (χ2n) is 4.96. The van der Waals surface area contributed by atoms with Crippen LogP contribution in [0.1, 0.15) is 37.7 Å². The molecule has 0 amide bonds. The Bertz CT molecular complexity index is 442. The van der Waals surface area contributed by atoms with E-state index in [-0.39, 0.29) is 0 Å². The van der Waals surface area contributed by atoms with E-state index in [2.05, 4.69) is 17.4 Å². The average molecular weight is 283 g/mol. The van der Waals surface area contributed by atoms with Crippen LogP contribution in [0.5, 0.6) is 0 Å². The summed E-state index contributed by atoms with van der Waals surface area (Å²) in [6.07, 6.45) is 2.36. The monoisotopic (exact) mass is 283 g/mol. The quantitative estimate of drug-likeness (QED) is 0.757. The van der Waals surface area contributed by atoms with Crippen molar-refractivity contribution in [1.29, 1.82) is 0 Å². The fraction of sp³-hybridized carbons (Fsp3) is 0.600. The van der Waals surface area contributed by atoms with Crippen molar-refractivity contribution >= 4 is 9.84 Å². The van der Waals surface area contributed by atoms with Gasteiger partial charge in [0.05, 0.1) is 5.75 Å². The summed E-state index contributed by atoms with van der Waals surface area (Å²) in [6, 6.07) is 10.3. The summed E-state index contributed by atoms with van der Waals surface area (Å²) in [5.41, 5.74) is 1.28. The summed E-state index contributed by atoms with van der Waals surface area (Å²) >= 11 is 0. The van der Waals surface area contributed by atoms with E-state index >= 15 is 0 Å². The Morgan fingerprint density at radius 2 is 1.84 bits per heavy atom. The van der Waals surface area contributed by atoms with Gasteiger partial charge in [-0.05, 0) is 37.8 Å². The predicted octanol–water partition coefficient (Wildman–Crippen LogP) is 2.59.